The third-order valence-corrected chi connectivity index (χ3v) is 3.14. The van der Waals surface area contributed by atoms with Gasteiger partial charge >= 0.3 is 0 Å². The monoisotopic (exact) mass is 242 g/mol. The number of hydrogen-bond acceptors (Lipinski definition) is 3. The highest BCUT2D eigenvalue weighted by molar-refractivity contribution is 6.15. The minimum Gasteiger partial charge on any atom is -0.319 e. The van der Waals surface area contributed by atoms with Crippen LogP contribution >= 0.6 is 0 Å². The molecule has 0 amide bonds. The molecule has 0 radical (unpaired) electrons. The molecule has 1 atom stereocenters. The van der Waals surface area contributed by atoms with Crippen LogP contribution in [0.5, 0.6) is 0 Å². The number of ketones is 1. The summed E-state index contributed by atoms with van der Waals surface area (Å²) in [5.74, 6) is 0.0426. The number of hydrogen-bond donors (Lipinski definition) is 1. The van der Waals surface area contributed by atoms with Crippen molar-refractivity contribution in [3.8, 4) is 0 Å². The number of rotatable bonds is 3. The molecule has 1 aromatic rings. The largest absolute Gasteiger partial charge is 0.319 e. The number of nitrogens with zero attached hydrogens (tertiary/aromatic N) is 1. The van der Waals surface area contributed by atoms with Gasteiger partial charge in [0.25, 0.3) is 0 Å². The lowest BCUT2D eigenvalue weighted by atomic mass is 9.91. The predicted octanol–water partition coefficient (Wildman–Crippen LogP) is 2.32. The van der Waals surface area contributed by atoms with Crippen molar-refractivity contribution in [1.82, 2.24) is 0 Å². The highest BCUT2D eigenvalue weighted by Crippen LogP contribution is 2.25. The van der Waals surface area contributed by atoms with Crippen molar-refractivity contribution in [2.75, 3.05) is 0 Å². The van der Waals surface area contributed by atoms with Gasteiger partial charge in [0.15, 0.2) is 5.78 Å². The van der Waals surface area contributed by atoms with E-state index in [2.05, 4.69) is 4.99 Å². The molecule has 0 spiro atoms. The van der Waals surface area contributed by atoms with E-state index in [0.29, 0.717) is 5.57 Å². The van der Waals surface area contributed by atoms with E-state index in [4.69, 9.17) is 5.73 Å². The maximum absolute atomic E-state index is 12.1. The molecule has 1 heterocycles. The molecule has 0 bridgehead atoms. The Labute approximate surface area is 107 Å². The maximum atomic E-state index is 12.1. The molecule has 1 unspecified atom stereocenters. The summed E-state index contributed by atoms with van der Waals surface area (Å²) in [5.41, 5.74) is 9.35. The molecule has 3 nitrogen and oxygen atoms in total. The molecule has 2 N–H and O–H groups in total. The van der Waals surface area contributed by atoms with Gasteiger partial charge in [-0.25, -0.2) is 0 Å². The average molecular weight is 242 g/mol. The van der Waals surface area contributed by atoms with E-state index in [1.807, 2.05) is 51.1 Å². The highest BCUT2D eigenvalue weighted by atomic mass is 16.1. The minimum absolute atomic E-state index is 0.0497. The topological polar surface area (TPSA) is 55.5 Å². The van der Waals surface area contributed by atoms with Crippen molar-refractivity contribution < 1.29 is 4.79 Å². The molecule has 0 fully saturated rings. The SMILES string of the molecule is CC1=C(C(=O)C(C)C)C(N)C(c2ccccc2)=N1. The Morgan fingerprint density at radius 3 is 2.44 bits per heavy atom. The van der Waals surface area contributed by atoms with Gasteiger partial charge < -0.3 is 5.73 Å². The van der Waals surface area contributed by atoms with Crippen LogP contribution in [0.1, 0.15) is 26.3 Å². The van der Waals surface area contributed by atoms with Crippen LogP contribution in [0, 0.1) is 5.92 Å². The molecule has 0 aromatic heterocycles. The molecule has 2 rings (SSSR count). The number of carbonyl (C=O) groups is 1. The smallest absolute Gasteiger partial charge is 0.165 e. The Bertz CT molecular complexity index is 527. The van der Waals surface area contributed by atoms with Crippen LogP contribution in [-0.2, 0) is 4.79 Å². The van der Waals surface area contributed by atoms with Crippen LogP contribution in [0.25, 0.3) is 0 Å². The lowest BCUT2D eigenvalue weighted by Gasteiger charge is -2.13. The third-order valence-electron chi connectivity index (χ3n) is 3.14. The predicted molar refractivity (Wildman–Crippen MR) is 73.5 cm³/mol. The summed E-state index contributed by atoms with van der Waals surface area (Å²) in [6.07, 6.45) is 0. The number of benzene rings is 1. The molecular weight excluding hydrogens is 224 g/mol. The lowest BCUT2D eigenvalue weighted by molar-refractivity contribution is -0.118. The third kappa shape index (κ3) is 2.14. The molecule has 94 valence electrons. The second kappa shape index (κ2) is 4.86. The first-order valence-corrected chi connectivity index (χ1v) is 6.17. The van der Waals surface area contributed by atoms with Crippen LogP contribution in [0.3, 0.4) is 0 Å². The molecule has 1 aliphatic rings. The Morgan fingerprint density at radius 2 is 1.89 bits per heavy atom. The zero-order valence-corrected chi connectivity index (χ0v) is 11.0. The standard InChI is InChI=1S/C15H18N2O/c1-9(2)15(18)12-10(3)17-14(13(12)16)11-7-5-4-6-8-11/h4-9,13H,16H2,1-3H3. The van der Waals surface area contributed by atoms with Gasteiger partial charge in [0.05, 0.1) is 11.8 Å². The van der Waals surface area contributed by atoms with Crippen LogP contribution in [0.2, 0.25) is 0 Å². The number of carbonyl (C=O) groups excluding carboxylic acids is 1. The van der Waals surface area contributed by atoms with Crippen molar-refractivity contribution >= 4 is 11.5 Å². The van der Waals surface area contributed by atoms with E-state index in [1.54, 1.807) is 0 Å². The summed E-state index contributed by atoms with van der Waals surface area (Å²) in [6.45, 7) is 5.62. The van der Waals surface area contributed by atoms with Crippen LogP contribution in [-0.4, -0.2) is 17.5 Å². The summed E-state index contributed by atoms with van der Waals surface area (Å²) < 4.78 is 0. The summed E-state index contributed by atoms with van der Waals surface area (Å²) in [5, 5.41) is 0. The second-order valence-corrected chi connectivity index (χ2v) is 4.86. The fourth-order valence-corrected chi connectivity index (χ4v) is 2.17. The summed E-state index contributed by atoms with van der Waals surface area (Å²) in [7, 11) is 0. The molecule has 1 aromatic carbocycles. The Balaban J connectivity index is 2.33. The van der Waals surface area contributed by atoms with Gasteiger partial charge in [0.1, 0.15) is 0 Å². The van der Waals surface area contributed by atoms with Gasteiger partial charge in [-0.3, -0.25) is 9.79 Å². The van der Waals surface area contributed by atoms with Crippen molar-refractivity contribution in [2.45, 2.75) is 26.8 Å². The number of aliphatic imine (C=N–C) groups is 1. The summed E-state index contributed by atoms with van der Waals surface area (Å²) >= 11 is 0. The van der Waals surface area contributed by atoms with E-state index in [9.17, 15) is 4.79 Å². The molecule has 0 saturated carbocycles. The summed E-state index contributed by atoms with van der Waals surface area (Å²) in [4.78, 5) is 16.6. The van der Waals surface area contributed by atoms with Crippen molar-refractivity contribution in [1.29, 1.82) is 0 Å². The minimum atomic E-state index is -0.401. The van der Waals surface area contributed by atoms with Crippen LogP contribution < -0.4 is 5.73 Å². The molecule has 1 aliphatic heterocycles. The van der Waals surface area contributed by atoms with E-state index >= 15 is 0 Å². The zero-order valence-electron chi connectivity index (χ0n) is 11.0. The molecule has 3 heteroatoms. The van der Waals surface area contributed by atoms with E-state index < -0.39 is 6.04 Å². The van der Waals surface area contributed by atoms with Crippen molar-refractivity contribution in [2.24, 2.45) is 16.6 Å². The van der Waals surface area contributed by atoms with Crippen LogP contribution in [0.4, 0.5) is 0 Å². The van der Waals surface area contributed by atoms with Gasteiger partial charge in [-0.2, -0.15) is 0 Å². The Hall–Kier alpha value is -1.74. The first-order valence-electron chi connectivity index (χ1n) is 6.17. The number of allylic oxidation sites excluding steroid dienone is 1. The normalized spacial score (nSPS) is 19.4. The Morgan fingerprint density at radius 1 is 1.28 bits per heavy atom. The summed E-state index contributed by atoms with van der Waals surface area (Å²) in [6, 6.07) is 9.38. The first kappa shape index (κ1) is 12.7. The number of nitrogens with two attached hydrogens (primary N) is 1. The van der Waals surface area contributed by atoms with Gasteiger partial charge in [0, 0.05) is 17.2 Å². The Kier molecular flexibility index (Phi) is 3.43. The van der Waals surface area contributed by atoms with Crippen molar-refractivity contribution in [3.63, 3.8) is 0 Å². The van der Waals surface area contributed by atoms with E-state index in [0.717, 1.165) is 17.0 Å². The maximum Gasteiger partial charge on any atom is 0.165 e. The fraction of sp³-hybridized carbons (Fsp3) is 0.333. The van der Waals surface area contributed by atoms with Gasteiger partial charge in [0.2, 0.25) is 0 Å². The molecular formula is C15H18N2O. The molecule has 0 saturated heterocycles. The quantitative estimate of drug-likeness (QED) is 0.884. The van der Waals surface area contributed by atoms with Gasteiger partial charge in [-0.1, -0.05) is 44.2 Å². The van der Waals surface area contributed by atoms with E-state index in [-0.39, 0.29) is 11.7 Å². The second-order valence-electron chi connectivity index (χ2n) is 4.86. The first-order chi connectivity index (χ1) is 8.52. The molecule has 0 aliphatic carbocycles. The van der Waals surface area contributed by atoms with Crippen LogP contribution in [0.15, 0.2) is 46.6 Å². The highest BCUT2D eigenvalue weighted by Gasteiger charge is 2.31. The van der Waals surface area contributed by atoms with E-state index in [1.165, 1.54) is 0 Å². The average Bonchev–Trinajstić information content (AvgIpc) is 2.65. The lowest BCUT2D eigenvalue weighted by Crippen LogP contribution is -2.34. The van der Waals surface area contributed by atoms with Crippen molar-refractivity contribution in [3.05, 3.63) is 47.2 Å². The fourth-order valence-electron chi connectivity index (χ4n) is 2.17. The number of Topliss-reactive ketones (excluding diaryl/α,β-unsaturated/α-hetero) is 1. The molecule has 18 heavy (non-hydrogen) atoms. The van der Waals surface area contributed by atoms with Gasteiger partial charge in [-0.05, 0) is 12.5 Å². The van der Waals surface area contributed by atoms with Gasteiger partial charge in [-0.15, -0.1) is 0 Å². The zero-order chi connectivity index (χ0) is 13.3.